The van der Waals surface area contributed by atoms with Crippen LogP contribution in [-0.2, 0) is 10.5 Å². The topological polar surface area (TPSA) is 101 Å². The van der Waals surface area contributed by atoms with Crippen LogP contribution in [0.25, 0.3) is 11.0 Å². The Labute approximate surface area is 175 Å². The van der Waals surface area contributed by atoms with E-state index in [1.807, 2.05) is 36.6 Å². The molecule has 1 aliphatic rings. The summed E-state index contributed by atoms with van der Waals surface area (Å²) in [5, 5.41) is 18.7. The standard InChI is InChI=1S/C20H30N6O2S/c1-5-10-24-11-15(3)25(12-14(24)2)20(13-29-4,18(21)19(27)28)26-17-9-7-6-8-16(17)22-23-26/h5-9,14-15,18H,1,10-13,21H2,2-4H3,(H,27,28)/t14-,15+,18?,20?/m0/s1. The lowest BCUT2D eigenvalue weighted by Crippen LogP contribution is -2.72. The van der Waals surface area contributed by atoms with Gasteiger partial charge in [-0.25, -0.2) is 4.68 Å². The number of fused-ring (bicyclic) bond motifs is 1. The molecular formula is C20H30N6O2S. The molecule has 8 nitrogen and oxygen atoms in total. The number of benzene rings is 1. The number of hydrogen-bond acceptors (Lipinski definition) is 7. The number of carboxylic acids is 1. The normalized spacial score (nSPS) is 24.3. The molecule has 1 fully saturated rings. The number of nitrogens with two attached hydrogens (primary N) is 1. The Bertz CT molecular complexity index is 874. The van der Waals surface area contributed by atoms with Crippen molar-refractivity contribution in [2.75, 3.05) is 31.6 Å². The molecule has 2 unspecified atom stereocenters. The van der Waals surface area contributed by atoms with E-state index in [1.54, 1.807) is 16.4 Å². The summed E-state index contributed by atoms with van der Waals surface area (Å²) < 4.78 is 1.74. The number of hydrogen-bond donors (Lipinski definition) is 2. The molecule has 29 heavy (non-hydrogen) atoms. The molecule has 0 amide bonds. The van der Waals surface area contributed by atoms with Gasteiger partial charge in [-0.1, -0.05) is 23.4 Å². The Morgan fingerprint density at radius 3 is 2.79 bits per heavy atom. The molecule has 0 bridgehead atoms. The molecule has 2 heterocycles. The Kier molecular flexibility index (Phi) is 6.62. The Morgan fingerprint density at radius 1 is 1.41 bits per heavy atom. The molecule has 1 aliphatic heterocycles. The molecule has 1 saturated heterocycles. The van der Waals surface area contributed by atoms with Crippen molar-refractivity contribution in [2.45, 2.75) is 37.6 Å². The van der Waals surface area contributed by atoms with Gasteiger partial charge < -0.3 is 10.8 Å². The van der Waals surface area contributed by atoms with Gasteiger partial charge in [0, 0.05) is 37.5 Å². The van der Waals surface area contributed by atoms with Gasteiger partial charge in [0.2, 0.25) is 0 Å². The van der Waals surface area contributed by atoms with Crippen molar-refractivity contribution in [3.63, 3.8) is 0 Å². The van der Waals surface area contributed by atoms with Gasteiger partial charge in [-0.2, -0.15) is 11.8 Å². The second kappa shape index (κ2) is 8.83. The van der Waals surface area contributed by atoms with Gasteiger partial charge >= 0.3 is 5.97 Å². The zero-order chi connectivity index (χ0) is 21.2. The van der Waals surface area contributed by atoms with Gasteiger partial charge in [0.25, 0.3) is 0 Å². The van der Waals surface area contributed by atoms with Crippen LogP contribution in [0.5, 0.6) is 0 Å². The van der Waals surface area contributed by atoms with Gasteiger partial charge in [0.05, 0.1) is 5.52 Å². The number of aliphatic carboxylic acids is 1. The minimum absolute atomic E-state index is 0.0756. The molecular weight excluding hydrogens is 388 g/mol. The van der Waals surface area contributed by atoms with Crippen LogP contribution in [0.4, 0.5) is 0 Å². The van der Waals surface area contributed by atoms with Crippen molar-refractivity contribution >= 4 is 28.8 Å². The summed E-state index contributed by atoms with van der Waals surface area (Å²) >= 11 is 1.57. The van der Waals surface area contributed by atoms with Crippen LogP contribution in [0.1, 0.15) is 13.8 Å². The quantitative estimate of drug-likeness (QED) is 0.621. The lowest BCUT2D eigenvalue weighted by Gasteiger charge is -2.54. The van der Waals surface area contributed by atoms with E-state index in [4.69, 9.17) is 5.73 Å². The molecule has 0 radical (unpaired) electrons. The van der Waals surface area contributed by atoms with Gasteiger partial charge in [0.1, 0.15) is 11.6 Å². The summed E-state index contributed by atoms with van der Waals surface area (Å²) in [6.07, 6.45) is 3.87. The highest BCUT2D eigenvalue weighted by Crippen LogP contribution is 2.35. The van der Waals surface area contributed by atoms with E-state index in [9.17, 15) is 9.90 Å². The summed E-state index contributed by atoms with van der Waals surface area (Å²) in [5.41, 5.74) is 6.88. The first-order chi connectivity index (χ1) is 13.9. The number of aromatic nitrogens is 3. The number of thioether (sulfide) groups is 1. The Morgan fingerprint density at radius 2 is 2.14 bits per heavy atom. The molecule has 4 atom stereocenters. The number of carboxylic acid groups (broad SMARTS) is 1. The summed E-state index contributed by atoms with van der Waals surface area (Å²) in [6.45, 7) is 10.4. The van der Waals surface area contributed by atoms with Crippen molar-refractivity contribution in [1.82, 2.24) is 24.8 Å². The molecule has 0 aliphatic carbocycles. The van der Waals surface area contributed by atoms with Gasteiger partial charge in [0.15, 0.2) is 5.66 Å². The average Bonchev–Trinajstić information content (AvgIpc) is 3.13. The van der Waals surface area contributed by atoms with E-state index in [1.165, 1.54) is 0 Å². The molecule has 158 valence electrons. The number of rotatable bonds is 8. The van der Waals surface area contributed by atoms with Crippen molar-refractivity contribution in [1.29, 1.82) is 0 Å². The fraction of sp³-hybridized carbons (Fsp3) is 0.550. The molecule has 9 heteroatoms. The summed E-state index contributed by atoms with van der Waals surface area (Å²) in [7, 11) is 0. The zero-order valence-electron chi connectivity index (χ0n) is 17.2. The van der Waals surface area contributed by atoms with Gasteiger partial charge in [-0.15, -0.1) is 11.7 Å². The fourth-order valence-corrected chi connectivity index (χ4v) is 5.28. The van der Waals surface area contributed by atoms with Crippen LogP contribution in [0.15, 0.2) is 36.9 Å². The first-order valence-electron chi connectivity index (χ1n) is 9.76. The Hall–Kier alpha value is -1.94. The van der Waals surface area contributed by atoms with E-state index in [-0.39, 0.29) is 12.1 Å². The smallest absolute Gasteiger partial charge is 0.324 e. The van der Waals surface area contributed by atoms with E-state index in [0.717, 1.165) is 24.1 Å². The van der Waals surface area contributed by atoms with Gasteiger partial charge in [-0.3, -0.25) is 14.6 Å². The predicted octanol–water partition coefficient (Wildman–Crippen LogP) is 1.44. The lowest BCUT2D eigenvalue weighted by atomic mass is 9.94. The Balaban J connectivity index is 2.17. The third kappa shape index (κ3) is 3.79. The number of carbonyl (C=O) groups is 1. The predicted molar refractivity (Wildman–Crippen MR) is 117 cm³/mol. The van der Waals surface area contributed by atoms with E-state index < -0.39 is 17.7 Å². The number of nitrogens with zero attached hydrogens (tertiary/aromatic N) is 5. The maximum Gasteiger partial charge on any atom is 0.324 e. The fourth-order valence-electron chi connectivity index (χ4n) is 4.39. The minimum atomic E-state index is -1.17. The van der Waals surface area contributed by atoms with Gasteiger partial charge in [-0.05, 0) is 32.2 Å². The molecule has 1 aromatic heterocycles. The minimum Gasteiger partial charge on any atom is -0.480 e. The lowest BCUT2D eigenvalue weighted by molar-refractivity contribution is -0.149. The molecule has 0 saturated carbocycles. The average molecular weight is 419 g/mol. The van der Waals surface area contributed by atoms with E-state index in [2.05, 4.69) is 40.5 Å². The highest BCUT2D eigenvalue weighted by Gasteiger charge is 2.52. The van der Waals surface area contributed by atoms with Crippen LogP contribution >= 0.6 is 11.8 Å². The second-order valence-corrected chi connectivity index (χ2v) is 8.58. The molecule has 1 aromatic carbocycles. The summed E-state index contributed by atoms with van der Waals surface area (Å²) in [5.74, 6) is -0.571. The van der Waals surface area contributed by atoms with E-state index in [0.29, 0.717) is 12.3 Å². The maximum atomic E-state index is 12.2. The second-order valence-electron chi connectivity index (χ2n) is 7.71. The maximum absolute atomic E-state index is 12.2. The summed E-state index contributed by atoms with van der Waals surface area (Å²) in [6, 6.07) is 6.73. The van der Waals surface area contributed by atoms with Crippen LogP contribution in [-0.4, -0.2) is 85.6 Å². The first kappa shape index (κ1) is 21.8. The van der Waals surface area contributed by atoms with Crippen LogP contribution in [0, 0.1) is 0 Å². The van der Waals surface area contributed by atoms with Crippen LogP contribution < -0.4 is 5.73 Å². The van der Waals surface area contributed by atoms with Crippen LogP contribution in [0.2, 0.25) is 0 Å². The van der Waals surface area contributed by atoms with Crippen molar-refractivity contribution in [3.05, 3.63) is 36.9 Å². The first-order valence-corrected chi connectivity index (χ1v) is 11.2. The summed E-state index contributed by atoms with van der Waals surface area (Å²) in [4.78, 5) is 16.8. The number of para-hydroxylation sites is 1. The SMILES string of the molecule is C=CCN1C[C@@H](C)N(C(CSC)(C(N)C(=O)O)n2nnc3ccccc32)C[C@@H]1C. The largest absolute Gasteiger partial charge is 0.480 e. The number of piperazine rings is 1. The third-order valence-corrected chi connectivity index (χ3v) is 6.53. The highest BCUT2D eigenvalue weighted by atomic mass is 32.2. The van der Waals surface area contributed by atoms with Crippen molar-refractivity contribution in [2.24, 2.45) is 5.73 Å². The molecule has 0 spiro atoms. The molecule has 2 aromatic rings. The monoisotopic (exact) mass is 418 g/mol. The highest BCUT2D eigenvalue weighted by molar-refractivity contribution is 7.98. The van der Waals surface area contributed by atoms with E-state index >= 15 is 0 Å². The third-order valence-electron chi connectivity index (χ3n) is 5.82. The zero-order valence-corrected chi connectivity index (χ0v) is 18.0. The molecule has 3 N–H and O–H groups in total. The molecule has 3 rings (SSSR count). The van der Waals surface area contributed by atoms with Crippen molar-refractivity contribution in [3.8, 4) is 0 Å². The van der Waals surface area contributed by atoms with Crippen molar-refractivity contribution < 1.29 is 9.90 Å². The van der Waals surface area contributed by atoms with Crippen LogP contribution in [0.3, 0.4) is 0 Å².